The van der Waals surface area contributed by atoms with Gasteiger partial charge in [-0.05, 0) is 51.3 Å². The molecule has 216 valence electrons. The van der Waals surface area contributed by atoms with Crippen molar-refractivity contribution in [2.45, 2.75) is 71.0 Å². The van der Waals surface area contributed by atoms with Crippen molar-refractivity contribution in [3.05, 3.63) is 62.3 Å². The molecule has 13 heteroatoms. The number of nitrogens with one attached hydrogen (secondary N) is 1. The number of rotatable bonds is 5. The van der Waals surface area contributed by atoms with Crippen molar-refractivity contribution in [2.75, 3.05) is 19.6 Å². The van der Waals surface area contributed by atoms with E-state index >= 15 is 0 Å². The number of nitrogens with zero attached hydrogens (tertiary/aromatic N) is 3. The van der Waals surface area contributed by atoms with Gasteiger partial charge in [-0.2, -0.15) is 18.0 Å². The van der Waals surface area contributed by atoms with Crippen LogP contribution in [0.1, 0.15) is 71.8 Å². The zero-order valence-corrected chi connectivity index (χ0v) is 22.5. The van der Waals surface area contributed by atoms with Crippen molar-refractivity contribution in [1.82, 2.24) is 14.9 Å². The van der Waals surface area contributed by atoms with Crippen molar-refractivity contribution in [3.8, 4) is 0 Å². The number of halogens is 4. The number of aromatic nitrogens is 2. The highest BCUT2D eigenvalue weighted by Gasteiger charge is 2.46. The molecular weight excluding hydrogens is 536 g/mol. The van der Waals surface area contributed by atoms with Crippen molar-refractivity contribution >= 4 is 17.8 Å². The molecule has 4 rings (SSSR count). The third kappa shape index (κ3) is 5.87. The normalized spacial score (nSPS) is 17.6. The van der Waals surface area contributed by atoms with E-state index in [1.165, 1.54) is 30.9 Å². The van der Waals surface area contributed by atoms with Crippen molar-refractivity contribution in [3.63, 3.8) is 0 Å². The van der Waals surface area contributed by atoms with E-state index in [2.05, 4.69) is 16.9 Å². The summed E-state index contributed by atoms with van der Waals surface area (Å²) in [6.45, 7) is 5.34. The average molecular weight is 568 g/mol. The third-order valence-corrected chi connectivity index (χ3v) is 7.91. The van der Waals surface area contributed by atoms with Gasteiger partial charge in [0.05, 0.1) is 12.0 Å². The number of piperazine rings is 1. The Morgan fingerprint density at radius 2 is 1.75 bits per heavy atom. The molecule has 1 saturated carbocycles. The lowest BCUT2D eigenvalue weighted by Gasteiger charge is -2.47. The summed E-state index contributed by atoms with van der Waals surface area (Å²) in [5.74, 6) is -4.26. The molecule has 2 heterocycles. The maximum Gasteiger partial charge on any atom is 0.498 e. The molecule has 1 aliphatic carbocycles. The lowest BCUT2D eigenvalue weighted by atomic mass is 9.81. The summed E-state index contributed by atoms with van der Waals surface area (Å²) in [6.07, 6.45) is -0.544. The summed E-state index contributed by atoms with van der Waals surface area (Å²) in [7, 11) is 0. The first-order chi connectivity index (χ1) is 18.7. The first-order valence-electron chi connectivity index (χ1n) is 13.0. The van der Waals surface area contributed by atoms with Gasteiger partial charge >= 0.3 is 17.7 Å². The topological polar surface area (TPSA) is 104 Å². The first-order valence-corrected chi connectivity index (χ1v) is 13.0. The second-order valence-corrected chi connectivity index (χ2v) is 10.6. The van der Waals surface area contributed by atoms with E-state index in [9.17, 15) is 36.7 Å². The number of hydrogen-bond acceptors (Lipinski definition) is 5. The molecule has 1 aliphatic heterocycles. The molecule has 2 aromatic rings. The number of H-pyrrole nitrogens is 1. The molecule has 1 N–H and O–H groups in total. The number of aromatic amines is 1. The summed E-state index contributed by atoms with van der Waals surface area (Å²) >= 11 is 0. The van der Waals surface area contributed by atoms with E-state index in [-0.39, 0.29) is 53.3 Å². The fourth-order valence-electron chi connectivity index (χ4n) is 5.41. The molecule has 0 bridgehead atoms. The van der Waals surface area contributed by atoms with Gasteiger partial charge < -0.3 is 9.80 Å². The molecule has 2 amide bonds. The molecule has 1 aromatic heterocycles. The molecule has 1 saturated heterocycles. The SMILES string of the molecule is Cc1c(C)c(=O)[nH][n+](OC(=O)C(F)(F)F)c1Cc1ccc(F)c(C(=O)N2CCN(C3(C)CCCCC3)C(=O)C2)c1. The Labute approximate surface area is 227 Å². The molecule has 0 spiro atoms. The maximum atomic E-state index is 14.8. The molecular formula is C27H31F4N4O5+. The maximum absolute atomic E-state index is 14.8. The quantitative estimate of drug-likeness (QED) is 0.442. The Hall–Kier alpha value is -3.77. The summed E-state index contributed by atoms with van der Waals surface area (Å²) in [5, 5.41) is 2.07. The van der Waals surface area contributed by atoms with Gasteiger partial charge in [-0.1, -0.05) is 30.4 Å². The monoisotopic (exact) mass is 567 g/mol. The van der Waals surface area contributed by atoms with E-state index in [0.717, 1.165) is 38.2 Å². The number of hydrogen-bond donors (Lipinski definition) is 1. The van der Waals surface area contributed by atoms with Gasteiger partial charge in [0.1, 0.15) is 17.2 Å². The predicted octanol–water partition coefficient (Wildman–Crippen LogP) is 2.53. The van der Waals surface area contributed by atoms with Gasteiger partial charge in [0.2, 0.25) is 5.91 Å². The smallest absolute Gasteiger partial charge is 0.334 e. The van der Waals surface area contributed by atoms with Gasteiger partial charge in [-0.25, -0.2) is 9.18 Å². The Morgan fingerprint density at radius 1 is 1.07 bits per heavy atom. The van der Waals surface area contributed by atoms with Crippen molar-refractivity contribution < 1.29 is 41.6 Å². The van der Waals surface area contributed by atoms with Crippen molar-refractivity contribution in [1.29, 1.82) is 0 Å². The van der Waals surface area contributed by atoms with Crippen LogP contribution >= 0.6 is 0 Å². The summed E-state index contributed by atoms with van der Waals surface area (Å²) in [6, 6.07) is 3.62. The van der Waals surface area contributed by atoms with E-state index in [4.69, 9.17) is 0 Å². The van der Waals surface area contributed by atoms with Gasteiger partial charge in [-0.15, -0.1) is 0 Å². The summed E-state index contributed by atoms with van der Waals surface area (Å²) in [5.41, 5.74) is -0.616. The van der Waals surface area contributed by atoms with Crippen LogP contribution in [0, 0.1) is 19.7 Å². The van der Waals surface area contributed by atoms with Crippen LogP contribution in [0.4, 0.5) is 17.6 Å². The van der Waals surface area contributed by atoms with E-state index in [0.29, 0.717) is 17.0 Å². The lowest BCUT2D eigenvalue weighted by molar-refractivity contribution is -0.921. The molecule has 2 aliphatic rings. The molecule has 0 unspecified atom stereocenters. The zero-order valence-electron chi connectivity index (χ0n) is 22.5. The van der Waals surface area contributed by atoms with Gasteiger partial charge in [0, 0.05) is 29.8 Å². The average Bonchev–Trinajstić information content (AvgIpc) is 2.89. The molecule has 0 atom stereocenters. The fourth-order valence-corrected chi connectivity index (χ4v) is 5.41. The Kier molecular flexibility index (Phi) is 8.04. The van der Waals surface area contributed by atoms with Crippen LogP contribution in [-0.4, -0.2) is 64.0 Å². The molecule has 9 nitrogen and oxygen atoms in total. The highest BCUT2D eigenvalue weighted by Crippen LogP contribution is 2.34. The number of benzene rings is 1. The highest BCUT2D eigenvalue weighted by molar-refractivity contribution is 5.97. The number of carbonyl (C=O) groups excluding carboxylic acids is 3. The molecule has 0 radical (unpaired) electrons. The van der Waals surface area contributed by atoms with Crippen LogP contribution < -0.4 is 15.2 Å². The minimum Gasteiger partial charge on any atom is -0.334 e. The minimum absolute atomic E-state index is 0.00998. The Bertz CT molecular complexity index is 1400. The Morgan fingerprint density at radius 3 is 2.38 bits per heavy atom. The summed E-state index contributed by atoms with van der Waals surface area (Å²) < 4.78 is 53.3. The van der Waals surface area contributed by atoms with Crippen molar-refractivity contribution in [2.24, 2.45) is 0 Å². The first kappa shape index (κ1) is 29.2. The second-order valence-electron chi connectivity index (χ2n) is 10.6. The van der Waals surface area contributed by atoms with E-state index in [1.54, 1.807) is 0 Å². The van der Waals surface area contributed by atoms with E-state index < -0.39 is 29.4 Å². The number of amides is 2. The Balaban J connectivity index is 1.57. The van der Waals surface area contributed by atoms with Crippen LogP contribution in [0.15, 0.2) is 23.0 Å². The van der Waals surface area contributed by atoms with Crippen LogP contribution in [0.25, 0.3) is 0 Å². The fraction of sp³-hybridized carbons (Fsp3) is 0.519. The second kappa shape index (κ2) is 11.0. The van der Waals surface area contributed by atoms with Crippen LogP contribution in [0.3, 0.4) is 0 Å². The van der Waals surface area contributed by atoms with Crippen LogP contribution in [0.2, 0.25) is 0 Å². The zero-order chi connectivity index (χ0) is 29.4. The van der Waals surface area contributed by atoms with Gasteiger partial charge in [-0.3, -0.25) is 14.4 Å². The molecule has 2 fully saturated rings. The third-order valence-electron chi connectivity index (χ3n) is 7.91. The summed E-state index contributed by atoms with van der Waals surface area (Å²) in [4.78, 5) is 57.7. The molecule has 1 aromatic carbocycles. The lowest BCUT2D eigenvalue weighted by Crippen LogP contribution is -2.60. The van der Waals surface area contributed by atoms with Crippen LogP contribution in [0.5, 0.6) is 0 Å². The standard InChI is InChI=1S/C27H30F4N4O5/c1-16-17(2)23(37)32-35(40-25(39)27(29,30)31)21(16)14-18-7-8-20(28)19(13-18)24(38)33-11-12-34(22(36)15-33)26(3)9-5-4-6-10-26/h7-8,13H,4-6,9-12,14-15H2,1-3H3/p+1. The predicted molar refractivity (Wildman–Crippen MR) is 133 cm³/mol. The largest absolute Gasteiger partial charge is 0.498 e. The highest BCUT2D eigenvalue weighted by atomic mass is 19.4. The van der Waals surface area contributed by atoms with Gasteiger partial charge in [0.15, 0.2) is 0 Å². The number of alkyl halides is 3. The number of carbonyl (C=O) groups is 3. The van der Waals surface area contributed by atoms with Gasteiger partial charge in [0.25, 0.3) is 11.6 Å². The van der Waals surface area contributed by atoms with E-state index in [1.807, 2.05) is 4.90 Å². The molecule has 40 heavy (non-hydrogen) atoms. The minimum atomic E-state index is -5.31. The van der Waals surface area contributed by atoms with Crippen LogP contribution in [-0.2, 0) is 16.0 Å².